The van der Waals surface area contributed by atoms with E-state index < -0.39 is 0 Å². The molecule has 5 nitrogen and oxygen atoms in total. The predicted octanol–water partition coefficient (Wildman–Crippen LogP) is 2.76. The summed E-state index contributed by atoms with van der Waals surface area (Å²) in [4.78, 5) is 28.9. The summed E-state index contributed by atoms with van der Waals surface area (Å²) in [6, 6.07) is 7.40. The van der Waals surface area contributed by atoms with E-state index in [1.54, 1.807) is 0 Å². The van der Waals surface area contributed by atoms with Gasteiger partial charge in [0.2, 0.25) is 5.91 Å². The van der Waals surface area contributed by atoms with Crippen molar-refractivity contribution in [3.05, 3.63) is 34.3 Å². The first-order chi connectivity index (χ1) is 12.0. The van der Waals surface area contributed by atoms with Crippen LogP contribution < -0.4 is 5.32 Å². The van der Waals surface area contributed by atoms with Crippen LogP contribution in [0.25, 0.3) is 0 Å². The van der Waals surface area contributed by atoms with E-state index in [1.165, 1.54) is 0 Å². The maximum absolute atomic E-state index is 12.8. The second-order valence-corrected chi connectivity index (χ2v) is 7.78. The molecule has 0 spiro atoms. The molecule has 1 aliphatic rings. The van der Waals surface area contributed by atoms with Crippen molar-refractivity contribution in [2.24, 2.45) is 5.92 Å². The number of hydrogen-bond donors (Lipinski definition) is 1. The number of rotatable bonds is 7. The number of benzene rings is 1. The normalized spacial score (nSPS) is 14.6. The smallest absolute Gasteiger partial charge is 0.253 e. The molecule has 0 aromatic heterocycles. The number of hydrogen-bond acceptors (Lipinski definition) is 3. The Kier molecular flexibility index (Phi) is 7.90. The molecule has 0 bridgehead atoms. The van der Waals surface area contributed by atoms with Crippen molar-refractivity contribution in [2.45, 2.75) is 26.7 Å². The third-order valence-corrected chi connectivity index (χ3v) is 4.95. The van der Waals surface area contributed by atoms with Crippen molar-refractivity contribution in [3.63, 3.8) is 0 Å². The molecule has 0 saturated carbocycles. The average Bonchev–Trinajstić information content (AvgIpc) is 2.62. The molecular formula is C19H28BrN3O2. The minimum atomic E-state index is 0.00117. The van der Waals surface area contributed by atoms with Crippen molar-refractivity contribution in [1.29, 1.82) is 0 Å². The number of carbonyl (C=O) groups excluding carboxylic acids is 2. The average molecular weight is 410 g/mol. The number of carbonyl (C=O) groups is 2. The molecule has 1 heterocycles. The molecule has 25 heavy (non-hydrogen) atoms. The minimum absolute atomic E-state index is 0.00117. The zero-order valence-corrected chi connectivity index (χ0v) is 16.7. The number of halogens is 1. The van der Waals surface area contributed by atoms with Gasteiger partial charge in [0.25, 0.3) is 5.91 Å². The van der Waals surface area contributed by atoms with Gasteiger partial charge >= 0.3 is 0 Å². The SMILES string of the molecule is CC(C)CCN(CCC(=O)N1CCNCC1)C(=O)c1ccc(Br)cc1. The van der Waals surface area contributed by atoms with Crippen molar-refractivity contribution in [2.75, 3.05) is 39.3 Å². The van der Waals surface area contributed by atoms with Crippen LogP contribution in [0.4, 0.5) is 0 Å². The molecule has 1 aromatic carbocycles. The van der Waals surface area contributed by atoms with Crippen LogP contribution in [0.2, 0.25) is 0 Å². The Balaban J connectivity index is 1.97. The van der Waals surface area contributed by atoms with Crippen LogP contribution in [0.15, 0.2) is 28.7 Å². The molecule has 0 atom stereocenters. The summed E-state index contributed by atoms with van der Waals surface area (Å²) >= 11 is 3.40. The fourth-order valence-electron chi connectivity index (χ4n) is 2.81. The molecule has 138 valence electrons. The summed E-state index contributed by atoms with van der Waals surface area (Å²) in [6.45, 7) is 8.66. The quantitative estimate of drug-likeness (QED) is 0.752. The lowest BCUT2D eigenvalue weighted by atomic mass is 10.1. The van der Waals surface area contributed by atoms with Crippen molar-refractivity contribution >= 4 is 27.7 Å². The third-order valence-electron chi connectivity index (χ3n) is 4.42. The maximum atomic E-state index is 12.8. The second-order valence-electron chi connectivity index (χ2n) is 6.86. The summed E-state index contributed by atoms with van der Waals surface area (Å²) < 4.78 is 0.951. The van der Waals surface area contributed by atoms with Gasteiger partial charge in [-0.1, -0.05) is 29.8 Å². The van der Waals surface area contributed by atoms with Gasteiger partial charge in [0.15, 0.2) is 0 Å². The molecule has 1 fully saturated rings. The lowest BCUT2D eigenvalue weighted by molar-refractivity contribution is -0.131. The van der Waals surface area contributed by atoms with Gasteiger partial charge in [0, 0.05) is 55.7 Å². The van der Waals surface area contributed by atoms with Crippen LogP contribution in [-0.4, -0.2) is 60.9 Å². The molecule has 1 aromatic rings. The van der Waals surface area contributed by atoms with Crippen molar-refractivity contribution in [1.82, 2.24) is 15.1 Å². The Morgan fingerprint density at radius 3 is 2.40 bits per heavy atom. The van der Waals surface area contributed by atoms with E-state index in [2.05, 4.69) is 35.1 Å². The van der Waals surface area contributed by atoms with Gasteiger partial charge in [-0.2, -0.15) is 0 Å². The molecule has 2 rings (SSSR count). The summed E-state index contributed by atoms with van der Waals surface area (Å²) in [7, 11) is 0. The number of nitrogens with one attached hydrogen (secondary N) is 1. The minimum Gasteiger partial charge on any atom is -0.340 e. The number of piperazine rings is 1. The fourth-order valence-corrected chi connectivity index (χ4v) is 3.07. The zero-order chi connectivity index (χ0) is 18.2. The Labute approximate surface area is 158 Å². The van der Waals surface area contributed by atoms with Gasteiger partial charge in [0.1, 0.15) is 0 Å². The van der Waals surface area contributed by atoms with Crippen LogP contribution in [0, 0.1) is 5.92 Å². The van der Waals surface area contributed by atoms with Gasteiger partial charge < -0.3 is 15.1 Å². The Bertz CT molecular complexity index is 569. The van der Waals surface area contributed by atoms with E-state index in [0.717, 1.165) is 37.1 Å². The lowest BCUT2D eigenvalue weighted by Crippen LogP contribution is -2.47. The third kappa shape index (κ3) is 6.44. The molecular weight excluding hydrogens is 382 g/mol. The van der Waals surface area contributed by atoms with E-state index >= 15 is 0 Å². The van der Waals surface area contributed by atoms with E-state index in [4.69, 9.17) is 0 Å². The van der Waals surface area contributed by atoms with Gasteiger partial charge in [-0.25, -0.2) is 0 Å². The molecule has 0 unspecified atom stereocenters. The van der Waals surface area contributed by atoms with Gasteiger partial charge in [-0.3, -0.25) is 9.59 Å². The van der Waals surface area contributed by atoms with E-state index in [0.29, 0.717) is 31.0 Å². The predicted molar refractivity (Wildman–Crippen MR) is 104 cm³/mol. The van der Waals surface area contributed by atoms with Crippen LogP contribution in [0.5, 0.6) is 0 Å². The van der Waals surface area contributed by atoms with E-state index in [-0.39, 0.29) is 11.8 Å². The highest BCUT2D eigenvalue weighted by Crippen LogP contribution is 2.14. The number of amides is 2. The fraction of sp³-hybridized carbons (Fsp3) is 0.579. The molecule has 1 saturated heterocycles. The maximum Gasteiger partial charge on any atom is 0.253 e. The van der Waals surface area contributed by atoms with Gasteiger partial charge in [-0.15, -0.1) is 0 Å². The monoisotopic (exact) mass is 409 g/mol. The first-order valence-corrected chi connectivity index (χ1v) is 9.80. The summed E-state index contributed by atoms with van der Waals surface area (Å²) in [5.41, 5.74) is 0.668. The van der Waals surface area contributed by atoms with Crippen LogP contribution in [-0.2, 0) is 4.79 Å². The first-order valence-electron chi connectivity index (χ1n) is 9.00. The van der Waals surface area contributed by atoms with Crippen molar-refractivity contribution in [3.8, 4) is 0 Å². The van der Waals surface area contributed by atoms with E-state index in [1.807, 2.05) is 34.1 Å². The highest BCUT2D eigenvalue weighted by Gasteiger charge is 2.20. The lowest BCUT2D eigenvalue weighted by Gasteiger charge is -2.29. The molecule has 0 aliphatic carbocycles. The van der Waals surface area contributed by atoms with Crippen LogP contribution >= 0.6 is 15.9 Å². The molecule has 1 aliphatic heterocycles. The van der Waals surface area contributed by atoms with Crippen LogP contribution in [0.1, 0.15) is 37.0 Å². The second kappa shape index (κ2) is 9.92. The summed E-state index contributed by atoms with van der Waals surface area (Å²) in [5, 5.41) is 3.25. The summed E-state index contributed by atoms with van der Waals surface area (Å²) in [6.07, 6.45) is 1.32. The molecule has 2 amide bonds. The number of nitrogens with zero attached hydrogens (tertiary/aromatic N) is 2. The highest BCUT2D eigenvalue weighted by atomic mass is 79.9. The Morgan fingerprint density at radius 1 is 1.16 bits per heavy atom. The summed E-state index contributed by atoms with van der Waals surface area (Å²) in [5.74, 6) is 0.657. The van der Waals surface area contributed by atoms with Gasteiger partial charge in [0.05, 0.1) is 0 Å². The highest BCUT2D eigenvalue weighted by molar-refractivity contribution is 9.10. The first kappa shape index (κ1) is 19.9. The van der Waals surface area contributed by atoms with Gasteiger partial charge in [-0.05, 0) is 36.6 Å². The van der Waals surface area contributed by atoms with Crippen molar-refractivity contribution < 1.29 is 9.59 Å². The molecule has 0 radical (unpaired) electrons. The zero-order valence-electron chi connectivity index (χ0n) is 15.1. The largest absolute Gasteiger partial charge is 0.340 e. The van der Waals surface area contributed by atoms with Crippen LogP contribution in [0.3, 0.4) is 0 Å². The molecule has 1 N–H and O–H groups in total. The standard InChI is InChI=1S/C19H28BrN3O2/c1-15(2)7-11-23(19(25)16-3-5-17(20)6-4-16)12-8-18(24)22-13-9-21-10-14-22/h3-6,15,21H,7-14H2,1-2H3. The van der Waals surface area contributed by atoms with E-state index in [9.17, 15) is 9.59 Å². The Morgan fingerprint density at radius 2 is 1.80 bits per heavy atom. The molecule has 6 heteroatoms. The topological polar surface area (TPSA) is 52.7 Å². The Hall–Kier alpha value is -1.40.